The van der Waals surface area contributed by atoms with Crippen LogP contribution in [0.1, 0.15) is 60.9 Å². The van der Waals surface area contributed by atoms with E-state index in [2.05, 4.69) is 0 Å². The Labute approximate surface area is 228 Å². The molecule has 0 aromatic heterocycles. The van der Waals surface area contributed by atoms with E-state index in [9.17, 15) is 31.1 Å². The van der Waals surface area contributed by atoms with Gasteiger partial charge in [-0.3, -0.25) is 9.69 Å². The van der Waals surface area contributed by atoms with Gasteiger partial charge in [0.25, 0.3) is 0 Å². The van der Waals surface area contributed by atoms with Gasteiger partial charge in [-0.1, -0.05) is 13.0 Å². The second kappa shape index (κ2) is 10.5. The van der Waals surface area contributed by atoms with Crippen molar-refractivity contribution in [1.29, 1.82) is 0 Å². The summed E-state index contributed by atoms with van der Waals surface area (Å²) in [6.07, 6.45) is -7.83. The number of carbonyl (C=O) groups excluding carboxylic acids is 1. The standard InChI is InChI=1S/C29H31F6NO4/c1-15(27(37)38-3)26(17-4-5-17)18-6-9-23-24(10-18)40-25(14-39-23)19-12-36(13-19)16(2)21-11-20(28(30,31)32)7-8-22(21)29(33,34)35/h6-11,15-17,19,25-26H,4-5,12-14H2,1-3H3/t15-,16+,25?,26-/m0/s1. The number of hydrogen-bond acceptors (Lipinski definition) is 5. The molecule has 218 valence electrons. The van der Waals surface area contributed by atoms with Crippen molar-refractivity contribution in [3.63, 3.8) is 0 Å². The summed E-state index contributed by atoms with van der Waals surface area (Å²) in [4.78, 5) is 14.0. The first-order valence-electron chi connectivity index (χ1n) is 13.3. The fraction of sp³-hybridized carbons (Fsp3) is 0.552. The molecule has 1 saturated heterocycles. The third-order valence-electron chi connectivity index (χ3n) is 8.42. The summed E-state index contributed by atoms with van der Waals surface area (Å²) < 4.78 is 97.8. The number of hydrogen-bond donors (Lipinski definition) is 0. The first kappa shape index (κ1) is 28.6. The fourth-order valence-electron chi connectivity index (χ4n) is 5.94. The number of ether oxygens (including phenoxy) is 3. The maximum atomic E-state index is 13.6. The Balaban J connectivity index is 1.29. The van der Waals surface area contributed by atoms with Crippen LogP contribution in [0.5, 0.6) is 11.5 Å². The molecule has 2 heterocycles. The molecule has 2 aromatic rings. The number of benzene rings is 2. The number of methoxy groups -OCH3 is 1. The SMILES string of the molecule is COC(=O)[C@@H](C)[C@H](c1ccc2c(c1)OC(C1CN([C@H](C)c3cc(C(F)(F)F)ccc3C(F)(F)F)C1)CO2)C1CC1. The van der Waals surface area contributed by atoms with Gasteiger partial charge in [0.05, 0.1) is 24.2 Å². The van der Waals surface area contributed by atoms with Crippen LogP contribution in [0.4, 0.5) is 26.3 Å². The monoisotopic (exact) mass is 571 g/mol. The van der Waals surface area contributed by atoms with Crippen LogP contribution >= 0.6 is 0 Å². The van der Waals surface area contributed by atoms with Crippen LogP contribution in [0.15, 0.2) is 36.4 Å². The zero-order valence-electron chi connectivity index (χ0n) is 22.3. The van der Waals surface area contributed by atoms with Crippen LogP contribution in [0.3, 0.4) is 0 Å². The largest absolute Gasteiger partial charge is 0.486 e. The lowest BCUT2D eigenvalue weighted by molar-refractivity contribution is -0.146. The average Bonchev–Trinajstić information content (AvgIpc) is 3.70. The molecule has 1 saturated carbocycles. The van der Waals surface area contributed by atoms with Gasteiger partial charge in [-0.2, -0.15) is 26.3 Å². The van der Waals surface area contributed by atoms with Crippen molar-refractivity contribution in [2.45, 2.75) is 57.1 Å². The fourth-order valence-corrected chi connectivity index (χ4v) is 5.94. The molecule has 0 bridgehead atoms. The molecular formula is C29H31F6NO4. The summed E-state index contributed by atoms with van der Waals surface area (Å²) in [7, 11) is 1.37. The Morgan fingerprint density at radius 2 is 1.68 bits per heavy atom. The van der Waals surface area contributed by atoms with Crippen LogP contribution in [-0.4, -0.2) is 43.8 Å². The molecule has 4 atom stereocenters. The summed E-state index contributed by atoms with van der Waals surface area (Å²) in [6.45, 7) is 4.29. The maximum absolute atomic E-state index is 13.6. The van der Waals surface area contributed by atoms with E-state index >= 15 is 0 Å². The second-order valence-electron chi connectivity index (χ2n) is 11.0. The van der Waals surface area contributed by atoms with Gasteiger partial charge in [0.2, 0.25) is 0 Å². The molecule has 0 spiro atoms. The third-order valence-corrected chi connectivity index (χ3v) is 8.42. The first-order valence-corrected chi connectivity index (χ1v) is 13.3. The highest BCUT2D eigenvalue weighted by atomic mass is 19.4. The molecule has 0 radical (unpaired) electrons. The number of carbonyl (C=O) groups is 1. The lowest BCUT2D eigenvalue weighted by Crippen LogP contribution is -2.56. The number of rotatable bonds is 7. The molecule has 0 N–H and O–H groups in total. The molecule has 3 aliphatic rings. The Morgan fingerprint density at radius 1 is 0.975 bits per heavy atom. The van der Waals surface area contributed by atoms with Crippen LogP contribution in [-0.2, 0) is 21.9 Å². The minimum absolute atomic E-state index is 0.0166. The molecule has 5 nitrogen and oxygen atoms in total. The molecule has 1 aliphatic carbocycles. The lowest BCUT2D eigenvalue weighted by Gasteiger charge is -2.47. The van der Waals surface area contributed by atoms with Crippen molar-refractivity contribution in [3.05, 3.63) is 58.7 Å². The van der Waals surface area contributed by atoms with E-state index in [0.29, 0.717) is 48.7 Å². The Hall–Kier alpha value is -2.95. The van der Waals surface area contributed by atoms with E-state index in [1.165, 1.54) is 14.0 Å². The Bertz CT molecular complexity index is 1250. The van der Waals surface area contributed by atoms with Crippen molar-refractivity contribution >= 4 is 5.97 Å². The number of likely N-dealkylation sites (tertiary alicyclic amines) is 1. The number of halogens is 6. The summed E-state index contributed by atoms with van der Waals surface area (Å²) in [5, 5.41) is 0. The number of alkyl halides is 6. The van der Waals surface area contributed by atoms with Crippen molar-refractivity contribution in [1.82, 2.24) is 4.90 Å². The van der Waals surface area contributed by atoms with Crippen molar-refractivity contribution in [2.75, 3.05) is 26.8 Å². The topological polar surface area (TPSA) is 48.0 Å². The third kappa shape index (κ3) is 5.62. The van der Waals surface area contributed by atoms with Crippen LogP contribution < -0.4 is 9.47 Å². The van der Waals surface area contributed by atoms with Gasteiger partial charge in [-0.15, -0.1) is 0 Å². The lowest BCUT2D eigenvalue weighted by atomic mass is 9.83. The van der Waals surface area contributed by atoms with Crippen molar-refractivity contribution in [2.24, 2.45) is 17.8 Å². The van der Waals surface area contributed by atoms with E-state index < -0.39 is 35.1 Å². The zero-order valence-corrected chi connectivity index (χ0v) is 22.3. The molecular weight excluding hydrogens is 540 g/mol. The smallest absolute Gasteiger partial charge is 0.416 e. The average molecular weight is 572 g/mol. The van der Waals surface area contributed by atoms with E-state index in [0.717, 1.165) is 18.4 Å². The van der Waals surface area contributed by atoms with Gasteiger partial charge in [0.15, 0.2) is 11.5 Å². The van der Waals surface area contributed by atoms with Crippen LogP contribution in [0, 0.1) is 17.8 Å². The quantitative estimate of drug-likeness (QED) is 0.269. The van der Waals surface area contributed by atoms with Gasteiger partial charge in [0, 0.05) is 25.0 Å². The first-order chi connectivity index (χ1) is 18.8. The van der Waals surface area contributed by atoms with Crippen molar-refractivity contribution in [3.8, 4) is 11.5 Å². The normalized spacial score (nSPS) is 22.3. The molecule has 2 fully saturated rings. The van der Waals surface area contributed by atoms with Crippen molar-refractivity contribution < 1.29 is 45.3 Å². The summed E-state index contributed by atoms with van der Waals surface area (Å²) in [6, 6.07) is 6.35. The zero-order chi connectivity index (χ0) is 29.0. The van der Waals surface area contributed by atoms with E-state index in [4.69, 9.17) is 14.2 Å². The highest BCUT2D eigenvalue weighted by molar-refractivity contribution is 5.73. The van der Waals surface area contributed by atoms with E-state index in [1.54, 1.807) is 4.90 Å². The number of nitrogens with zero attached hydrogens (tertiary/aromatic N) is 1. The van der Waals surface area contributed by atoms with Gasteiger partial charge in [-0.25, -0.2) is 0 Å². The number of fused-ring (bicyclic) bond motifs is 1. The summed E-state index contributed by atoms with van der Waals surface area (Å²) in [5.74, 6) is 0.804. The number of esters is 1. The van der Waals surface area contributed by atoms with Crippen LogP contribution in [0.2, 0.25) is 0 Å². The highest BCUT2D eigenvalue weighted by Gasteiger charge is 2.44. The van der Waals surface area contributed by atoms with E-state index in [-0.39, 0.29) is 36.4 Å². The minimum atomic E-state index is -4.77. The molecule has 11 heteroatoms. The predicted molar refractivity (Wildman–Crippen MR) is 133 cm³/mol. The minimum Gasteiger partial charge on any atom is -0.486 e. The summed E-state index contributed by atoms with van der Waals surface area (Å²) in [5.41, 5.74) is -1.62. The van der Waals surface area contributed by atoms with Gasteiger partial charge in [-0.05, 0) is 73.1 Å². The van der Waals surface area contributed by atoms with Gasteiger partial charge < -0.3 is 14.2 Å². The molecule has 5 rings (SSSR count). The molecule has 1 unspecified atom stereocenters. The van der Waals surface area contributed by atoms with Gasteiger partial charge >= 0.3 is 18.3 Å². The second-order valence-corrected chi connectivity index (χ2v) is 11.0. The Kier molecular flexibility index (Phi) is 7.48. The highest BCUT2D eigenvalue weighted by Crippen LogP contribution is 2.49. The summed E-state index contributed by atoms with van der Waals surface area (Å²) >= 11 is 0. The predicted octanol–water partition coefficient (Wildman–Crippen LogP) is 6.86. The van der Waals surface area contributed by atoms with Crippen LogP contribution in [0.25, 0.3) is 0 Å². The van der Waals surface area contributed by atoms with E-state index in [1.807, 2.05) is 25.1 Å². The van der Waals surface area contributed by atoms with Gasteiger partial charge in [0.1, 0.15) is 12.7 Å². The molecule has 2 aliphatic heterocycles. The molecule has 0 amide bonds. The maximum Gasteiger partial charge on any atom is 0.416 e. The molecule has 2 aromatic carbocycles. The molecule has 40 heavy (non-hydrogen) atoms. The Morgan fingerprint density at radius 3 is 2.27 bits per heavy atom.